The van der Waals surface area contributed by atoms with Gasteiger partial charge in [0, 0.05) is 31.0 Å². The number of rotatable bonds is 7. The number of benzene rings is 1. The van der Waals surface area contributed by atoms with E-state index >= 15 is 0 Å². The number of amides is 1. The largest absolute Gasteiger partial charge is 0.338 e. The molecule has 1 aromatic heterocycles. The van der Waals surface area contributed by atoms with Crippen LogP contribution in [0.2, 0.25) is 0 Å². The monoisotopic (exact) mass is 313 g/mol. The molecule has 4 nitrogen and oxygen atoms in total. The highest BCUT2D eigenvalue weighted by molar-refractivity contribution is 5.94. The molecule has 0 saturated heterocycles. The first-order valence-electron chi connectivity index (χ1n) is 8.31. The van der Waals surface area contributed by atoms with Gasteiger partial charge in [0.05, 0.1) is 6.54 Å². The lowest BCUT2D eigenvalue weighted by molar-refractivity contribution is 0.0715. The van der Waals surface area contributed by atoms with Crippen LogP contribution in [0.25, 0.3) is 0 Å². The standard InChI is InChI=1S/C19H27N3O/c1-15(2)12-21(13-16(3)4)19(23)18-8-6-17(7-9-18)14-22-11-5-10-20-22/h5-11,15-16H,12-14H2,1-4H3. The van der Waals surface area contributed by atoms with Crippen molar-refractivity contribution < 1.29 is 4.79 Å². The molecule has 4 heteroatoms. The predicted octanol–water partition coefficient (Wildman–Crippen LogP) is 3.69. The van der Waals surface area contributed by atoms with Crippen molar-refractivity contribution in [2.45, 2.75) is 34.2 Å². The molecule has 1 heterocycles. The van der Waals surface area contributed by atoms with Crippen LogP contribution < -0.4 is 0 Å². The summed E-state index contributed by atoms with van der Waals surface area (Å²) in [6.07, 6.45) is 3.71. The smallest absolute Gasteiger partial charge is 0.253 e. The molecular weight excluding hydrogens is 286 g/mol. The first-order valence-corrected chi connectivity index (χ1v) is 8.31. The molecule has 0 radical (unpaired) electrons. The molecule has 0 atom stereocenters. The minimum atomic E-state index is 0.123. The summed E-state index contributed by atoms with van der Waals surface area (Å²) in [4.78, 5) is 14.7. The van der Waals surface area contributed by atoms with Crippen LogP contribution in [0.3, 0.4) is 0 Å². The van der Waals surface area contributed by atoms with Gasteiger partial charge in [0.15, 0.2) is 0 Å². The van der Waals surface area contributed by atoms with Crippen LogP contribution in [0, 0.1) is 11.8 Å². The lowest BCUT2D eigenvalue weighted by Crippen LogP contribution is -2.37. The van der Waals surface area contributed by atoms with E-state index in [9.17, 15) is 4.79 Å². The Kier molecular flexibility index (Phi) is 5.97. The molecule has 1 aromatic carbocycles. The third kappa shape index (κ3) is 5.23. The summed E-state index contributed by atoms with van der Waals surface area (Å²) in [5, 5.41) is 4.20. The molecule has 0 fully saturated rings. The molecule has 0 saturated carbocycles. The fraction of sp³-hybridized carbons (Fsp3) is 0.474. The Morgan fingerprint density at radius 2 is 1.70 bits per heavy atom. The first-order chi connectivity index (χ1) is 11.0. The van der Waals surface area contributed by atoms with E-state index in [2.05, 4.69) is 32.8 Å². The van der Waals surface area contributed by atoms with Gasteiger partial charge in [0.1, 0.15) is 0 Å². The molecule has 0 unspecified atom stereocenters. The first kappa shape index (κ1) is 17.3. The summed E-state index contributed by atoms with van der Waals surface area (Å²) in [7, 11) is 0. The zero-order chi connectivity index (χ0) is 16.8. The summed E-state index contributed by atoms with van der Waals surface area (Å²) in [5.41, 5.74) is 1.90. The van der Waals surface area contributed by atoms with Gasteiger partial charge in [0.2, 0.25) is 0 Å². The zero-order valence-corrected chi connectivity index (χ0v) is 14.6. The van der Waals surface area contributed by atoms with Gasteiger partial charge < -0.3 is 4.90 Å². The van der Waals surface area contributed by atoms with Crippen molar-refractivity contribution in [2.75, 3.05) is 13.1 Å². The fourth-order valence-electron chi connectivity index (χ4n) is 2.64. The van der Waals surface area contributed by atoms with Gasteiger partial charge >= 0.3 is 0 Å². The Labute approximate surface area is 139 Å². The topological polar surface area (TPSA) is 38.1 Å². The van der Waals surface area contributed by atoms with E-state index in [1.165, 1.54) is 0 Å². The number of hydrogen-bond acceptors (Lipinski definition) is 2. The summed E-state index contributed by atoms with van der Waals surface area (Å²) in [5.74, 6) is 1.06. The molecule has 0 spiro atoms. The van der Waals surface area contributed by atoms with E-state index in [4.69, 9.17) is 0 Å². The molecule has 0 aliphatic rings. The molecule has 0 aliphatic carbocycles. The number of nitrogens with zero attached hydrogens (tertiary/aromatic N) is 3. The van der Waals surface area contributed by atoms with Gasteiger partial charge in [0.25, 0.3) is 5.91 Å². The minimum absolute atomic E-state index is 0.123. The van der Waals surface area contributed by atoms with Gasteiger partial charge in [-0.2, -0.15) is 5.10 Å². The van der Waals surface area contributed by atoms with E-state index in [0.29, 0.717) is 11.8 Å². The third-order valence-electron chi connectivity index (χ3n) is 3.56. The Morgan fingerprint density at radius 3 is 2.17 bits per heavy atom. The van der Waals surface area contributed by atoms with Crippen molar-refractivity contribution >= 4 is 5.91 Å². The molecule has 1 amide bonds. The summed E-state index contributed by atoms with van der Waals surface area (Å²) >= 11 is 0. The van der Waals surface area contributed by atoms with Crippen LogP contribution >= 0.6 is 0 Å². The number of aromatic nitrogens is 2. The SMILES string of the molecule is CC(C)CN(CC(C)C)C(=O)c1ccc(Cn2cccn2)cc1. The van der Waals surface area contributed by atoms with E-state index in [-0.39, 0.29) is 5.91 Å². The van der Waals surface area contributed by atoms with Crippen LogP contribution in [0.5, 0.6) is 0 Å². The van der Waals surface area contributed by atoms with Gasteiger partial charge in [-0.25, -0.2) is 0 Å². The van der Waals surface area contributed by atoms with Crippen molar-refractivity contribution in [3.05, 3.63) is 53.9 Å². The quantitative estimate of drug-likeness (QED) is 0.782. The Morgan fingerprint density at radius 1 is 1.09 bits per heavy atom. The van der Waals surface area contributed by atoms with Crippen molar-refractivity contribution in [2.24, 2.45) is 11.8 Å². The number of carbonyl (C=O) groups excluding carboxylic acids is 1. The second-order valence-electron chi connectivity index (χ2n) is 6.90. The second kappa shape index (κ2) is 7.95. The van der Waals surface area contributed by atoms with Crippen LogP contribution in [0.4, 0.5) is 0 Å². The lowest BCUT2D eigenvalue weighted by Gasteiger charge is -2.26. The minimum Gasteiger partial charge on any atom is -0.338 e. The van der Waals surface area contributed by atoms with Gasteiger partial charge in [-0.15, -0.1) is 0 Å². The maximum absolute atomic E-state index is 12.8. The Bertz CT molecular complexity index is 590. The molecule has 2 aromatic rings. The zero-order valence-electron chi connectivity index (χ0n) is 14.6. The highest BCUT2D eigenvalue weighted by atomic mass is 16.2. The van der Waals surface area contributed by atoms with Crippen molar-refractivity contribution in [1.82, 2.24) is 14.7 Å². The normalized spacial score (nSPS) is 11.2. The van der Waals surface area contributed by atoms with E-state index in [0.717, 1.165) is 30.8 Å². The van der Waals surface area contributed by atoms with Gasteiger partial charge in [-0.3, -0.25) is 9.48 Å². The lowest BCUT2D eigenvalue weighted by atomic mass is 10.1. The van der Waals surface area contributed by atoms with E-state index in [1.54, 1.807) is 6.20 Å². The molecule has 2 rings (SSSR count). The maximum Gasteiger partial charge on any atom is 0.253 e. The van der Waals surface area contributed by atoms with Crippen molar-refractivity contribution in [3.8, 4) is 0 Å². The van der Waals surface area contributed by atoms with Crippen LogP contribution in [0.1, 0.15) is 43.6 Å². The highest BCUT2D eigenvalue weighted by Crippen LogP contribution is 2.12. The molecule has 0 aliphatic heterocycles. The van der Waals surface area contributed by atoms with Gasteiger partial charge in [-0.1, -0.05) is 39.8 Å². The fourth-order valence-corrected chi connectivity index (χ4v) is 2.64. The van der Waals surface area contributed by atoms with Crippen molar-refractivity contribution in [1.29, 1.82) is 0 Å². The summed E-state index contributed by atoms with van der Waals surface area (Å²) in [6, 6.07) is 9.78. The van der Waals surface area contributed by atoms with Crippen LogP contribution in [-0.4, -0.2) is 33.7 Å². The van der Waals surface area contributed by atoms with Gasteiger partial charge in [-0.05, 0) is 35.6 Å². The molecule has 23 heavy (non-hydrogen) atoms. The average molecular weight is 313 g/mol. The number of carbonyl (C=O) groups is 1. The average Bonchev–Trinajstić information content (AvgIpc) is 2.98. The Hall–Kier alpha value is -2.10. The number of hydrogen-bond donors (Lipinski definition) is 0. The highest BCUT2D eigenvalue weighted by Gasteiger charge is 2.17. The third-order valence-corrected chi connectivity index (χ3v) is 3.56. The van der Waals surface area contributed by atoms with E-state index < -0.39 is 0 Å². The summed E-state index contributed by atoms with van der Waals surface area (Å²) < 4.78 is 1.88. The summed E-state index contributed by atoms with van der Waals surface area (Å²) in [6.45, 7) is 10.9. The molecular formula is C19H27N3O. The second-order valence-corrected chi connectivity index (χ2v) is 6.90. The molecule has 0 bridgehead atoms. The van der Waals surface area contributed by atoms with Crippen LogP contribution in [-0.2, 0) is 6.54 Å². The predicted molar refractivity (Wildman–Crippen MR) is 93.4 cm³/mol. The molecule has 124 valence electrons. The Balaban J connectivity index is 2.07. The maximum atomic E-state index is 12.8. The van der Waals surface area contributed by atoms with Crippen LogP contribution in [0.15, 0.2) is 42.7 Å². The molecule has 0 N–H and O–H groups in total. The van der Waals surface area contributed by atoms with Crippen molar-refractivity contribution in [3.63, 3.8) is 0 Å². The van der Waals surface area contributed by atoms with E-state index in [1.807, 2.05) is 46.1 Å².